The van der Waals surface area contributed by atoms with Crippen LogP contribution in [0.5, 0.6) is 0 Å². The molecule has 27 heavy (non-hydrogen) atoms. The quantitative estimate of drug-likeness (QED) is 0.494. The van der Waals surface area contributed by atoms with E-state index in [4.69, 9.17) is 0 Å². The van der Waals surface area contributed by atoms with Crippen LogP contribution in [0.15, 0.2) is 65.8 Å². The minimum absolute atomic E-state index is 0.301. The van der Waals surface area contributed by atoms with Crippen molar-refractivity contribution < 1.29 is 13.3 Å². The molecule has 0 aliphatic rings. The molecule has 1 aromatic heterocycles. The average molecular weight is 386 g/mol. The number of rotatable bonds is 7. The molecule has 3 rings (SSSR count). The highest BCUT2D eigenvalue weighted by Gasteiger charge is 2.22. The highest BCUT2D eigenvalue weighted by Crippen LogP contribution is 2.27. The highest BCUT2D eigenvalue weighted by molar-refractivity contribution is 7.90. The minimum atomic E-state index is -3.71. The monoisotopic (exact) mass is 386 g/mol. The maximum atomic E-state index is 11.8. The molecule has 0 unspecified atom stereocenters. The normalized spacial score (nSPS) is 11.3. The lowest BCUT2D eigenvalue weighted by Gasteiger charge is -2.10. The first-order chi connectivity index (χ1) is 12.8. The van der Waals surface area contributed by atoms with Gasteiger partial charge in [-0.2, -0.15) is 5.10 Å². The third kappa shape index (κ3) is 4.70. The summed E-state index contributed by atoms with van der Waals surface area (Å²) >= 11 is 0. The fraction of sp³-hybridized carbons (Fsp3) is 0.167. The minimum Gasteiger partial charge on any atom is -0.381 e. The Morgan fingerprint density at radius 2 is 1.93 bits per heavy atom. The molecule has 0 bridgehead atoms. The number of nitrogens with zero attached hydrogens (tertiary/aromatic N) is 3. The topological polar surface area (TPSA) is 107 Å². The van der Waals surface area contributed by atoms with E-state index >= 15 is 0 Å². The van der Waals surface area contributed by atoms with Crippen LogP contribution >= 0.6 is 0 Å². The Kier molecular flexibility index (Phi) is 5.22. The van der Waals surface area contributed by atoms with E-state index in [2.05, 4.69) is 10.4 Å². The fourth-order valence-corrected chi connectivity index (χ4v) is 3.56. The summed E-state index contributed by atoms with van der Waals surface area (Å²) in [5.41, 5.74) is 2.15. The molecule has 0 saturated carbocycles. The van der Waals surface area contributed by atoms with Crippen LogP contribution < -0.4 is 5.32 Å². The Morgan fingerprint density at radius 1 is 1.15 bits per heavy atom. The molecule has 0 radical (unpaired) electrons. The molecule has 0 atom stereocenters. The molecule has 1 N–H and O–H groups in total. The first-order valence-corrected chi connectivity index (χ1v) is 10.00. The number of nitro groups is 1. The first kappa shape index (κ1) is 18.6. The lowest BCUT2D eigenvalue weighted by Crippen LogP contribution is -2.06. The summed E-state index contributed by atoms with van der Waals surface area (Å²) in [6.07, 6.45) is 4.56. The third-order valence-corrected chi connectivity index (χ3v) is 5.07. The van der Waals surface area contributed by atoms with Crippen molar-refractivity contribution in [3.8, 4) is 0 Å². The van der Waals surface area contributed by atoms with Gasteiger partial charge in [-0.1, -0.05) is 24.3 Å². The molecule has 9 heteroatoms. The van der Waals surface area contributed by atoms with Crippen LogP contribution in [-0.4, -0.2) is 29.4 Å². The van der Waals surface area contributed by atoms with Gasteiger partial charge >= 0.3 is 0 Å². The molecule has 0 fully saturated rings. The van der Waals surface area contributed by atoms with Crippen LogP contribution in [0.3, 0.4) is 0 Å². The molecule has 1 heterocycles. The van der Waals surface area contributed by atoms with Crippen molar-refractivity contribution in [2.75, 3.05) is 11.6 Å². The second-order valence-electron chi connectivity index (χ2n) is 6.09. The molecule has 0 amide bonds. The van der Waals surface area contributed by atoms with Crippen molar-refractivity contribution in [1.82, 2.24) is 9.78 Å². The third-order valence-electron chi connectivity index (χ3n) is 3.95. The second-order valence-corrected chi connectivity index (χ2v) is 8.07. The Bertz CT molecular complexity index is 1060. The average Bonchev–Trinajstić information content (AvgIpc) is 3.12. The molecule has 0 aliphatic carbocycles. The van der Waals surface area contributed by atoms with Crippen molar-refractivity contribution in [2.24, 2.45) is 0 Å². The standard InChI is InChI=1S/C18H18N4O4S/c1-27(25,26)18-11-16(6-7-17(18)22(23)24)19-12-14-4-2-5-15(10-14)13-21-9-3-8-20-21/h2-11,19H,12-13H2,1H3. The number of hydrogen-bond donors (Lipinski definition) is 1. The van der Waals surface area contributed by atoms with E-state index in [-0.39, 0.29) is 4.90 Å². The molecule has 3 aromatic rings. The number of aromatic nitrogens is 2. The van der Waals surface area contributed by atoms with Gasteiger partial charge in [-0.05, 0) is 29.3 Å². The lowest BCUT2D eigenvalue weighted by atomic mass is 10.1. The van der Waals surface area contributed by atoms with Crippen molar-refractivity contribution >= 4 is 21.2 Å². The van der Waals surface area contributed by atoms with Crippen molar-refractivity contribution in [1.29, 1.82) is 0 Å². The van der Waals surface area contributed by atoms with Gasteiger partial charge in [0.1, 0.15) is 4.90 Å². The Hall–Kier alpha value is -3.20. The van der Waals surface area contributed by atoms with Crippen LogP contribution in [0.2, 0.25) is 0 Å². The van der Waals surface area contributed by atoms with E-state index in [1.807, 2.05) is 41.2 Å². The molecule has 0 spiro atoms. The smallest absolute Gasteiger partial charge is 0.288 e. The van der Waals surface area contributed by atoms with Gasteiger partial charge in [-0.15, -0.1) is 0 Å². The highest BCUT2D eigenvalue weighted by atomic mass is 32.2. The van der Waals surface area contributed by atoms with Gasteiger partial charge in [0.05, 0.1) is 11.5 Å². The summed E-state index contributed by atoms with van der Waals surface area (Å²) in [5.74, 6) is 0. The van der Waals surface area contributed by atoms with Crippen LogP contribution in [-0.2, 0) is 22.9 Å². The number of nitrogens with one attached hydrogen (secondary N) is 1. The van der Waals surface area contributed by atoms with Gasteiger partial charge in [0.15, 0.2) is 9.84 Å². The SMILES string of the molecule is CS(=O)(=O)c1cc(NCc2cccc(Cn3cccn3)c2)ccc1[N+](=O)[O-]. The van der Waals surface area contributed by atoms with E-state index in [1.54, 1.807) is 6.20 Å². The van der Waals surface area contributed by atoms with Gasteiger partial charge in [0.2, 0.25) is 0 Å². The molecule has 0 aliphatic heterocycles. The van der Waals surface area contributed by atoms with E-state index in [0.29, 0.717) is 18.8 Å². The number of hydrogen-bond acceptors (Lipinski definition) is 6. The van der Waals surface area contributed by atoms with Gasteiger partial charge in [0.25, 0.3) is 5.69 Å². The van der Waals surface area contributed by atoms with Crippen molar-refractivity contribution in [2.45, 2.75) is 18.0 Å². The maximum absolute atomic E-state index is 11.8. The summed E-state index contributed by atoms with van der Waals surface area (Å²) in [5, 5.41) is 18.3. The van der Waals surface area contributed by atoms with E-state index in [9.17, 15) is 18.5 Å². The predicted octanol–water partition coefficient (Wildman–Crippen LogP) is 2.86. The number of sulfone groups is 1. The number of benzene rings is 2. The van der Waals surface area contributed by atoms with Gasteiger partial charge in [0, 0.05) is 36.9 Å². The van der Waals surface area contributed by atoms with E-state index in [0.717, 1.165) is 17.4 Å². The second kappa shape index (κ2) is 7.58. The predicted molar refractivity (Wildman–Crippen MR) is 101 cm³/mol. The van der Waals surface area contributed by atoms with Gasteiger partial charge in [-0.25, -0.2) is 8.42 Å². The zero-order valence-electron chi connectivity index (χ0n) is 14.6. The Balaban J connectivity index is 1.76. The summed E-state index contributed by atoms with van der Waals surface area (Å²) in [4.78, 5) is 10.0. The van der Waals surface area contributed by atoms with Crippen LogP contribution in [0.1, 0.15) is 11.1 Å². The lowest BCUT2D eigenvalue weighted by molar-refractivity contribution is -0.387. The molecule has 8 nitrogen and oxygen atoms in total. The van der Waals surface area contributed by atoms with Gasteiger partial charge in [-0.3, -0.25) is 14.8 Å². The largest absolute Gasteiger partial charge is 0.381 e. The molecule has 0 saturated heterocycles. The van der Waals surface area contributed by atoms with Crippen molar-refractivity contribution in [3.63, 3.8) is 0 Å². The van der Waals surface area contributed by atoms with Crippen LogP contribution in [0.25, 0.3) is 0 Å². The van der Waals surface area contributed by atoms with Crippen molar-refractivity contribution in [3.05, 3.63) is 82.2 Å². The Labute approximate surface area is 156 Å². The maximum Gasteiger partial charge on any atom is 0.288 e. The Morgan fingerprint density at radius 3 is 2.59 bits per heavy atom. The van der Waals surface area contributed by atoms with Crippen LogP contribution in [0.4, 0.5) is 11.4 Å². The number of anilines is 1. The fourth-order valence-electron chi connectivity index (χ4n) is 2.70. The summed E-state index contributed by atoms with van der Waals surface area (Å²) in [6.45, 7) is 1.10. The zero-order chi connectivity index (χ0) is 19.4. The van der Waals surface area contributed by atoms with Gasteiger partial charge < -0.3 is 5.32 Å². The number of nitro benzene ring substituents is 1. The summed E-state index contributed by atoms with van der Waals surface area (Å²) < 4.78 is 25.5. The first-order valence-electron chi connectivity index (χ1n) is 8.10. The molecule has 140 valence electrons. The molecular formula is C18H18N4O4S. The molecular weight excluding hydrogens is 368 g/mol. The zero-order valence-corrected chi connectivity index (χ0v) is 15.4. The van der Waals surface area contributed by atoms with E-state index < -0.39 is 20.4 Å². The van der Waals surface area contributed by atoms with E-state index in [1.165, 1.54) is 18.2 Å². The van der Waals surface area contributed by atoms with Crippen LogP contribution in [0, 0.1) is 10.1 Å². The summed E-state index contributed by atoms with van der Waals surface area (Å²) in [7, 11) is -3.71. The summed E-state index contributed by atoms with van der Waals surface area (Å²) in [6, 6.07) is 13.8. The molecule has 2 aromatic carbocycles.